The second-order valence-corrected chi connectivity index (χ2v) is 7.63. The van der Waals surface area contributed by atoms with Crippen molar-refractivity contribution in [2.75, 3.05) is 63.6 Å². The Kier molecular flexibility index (Phi) is 7.75. The standard InChI is InChI=1S/C23H31N5O4/c1-27(2)22-17(15-24-23(26-22)28-11-7-6-8-12-28)25-20(29)10-9-16-13-18(30-3)21(32-5)19(14-16)31-4/h9-10,13-15H,6-8,11-12H2,1-5H3,(H,25,29)/b10-9+. The van der Waals surface area contributed by atoms with Crippen molar-refractivity contribution in [1.29, 1.82) is 0 Å². The summed E-state index contributed by atoms with van der Waals surface area (Å²) in [4.78, 5) is 25.8. The van der Waals surface area contributed by atoms with Crippen LogP contribution < -0.4 is 29.3 Å². The molecule has 1 saturated heterocycles. The first kappa shape index (κ1) is 23.2. The molecule has 1 fully saturated rings. The van der Waals surface area contributed by atoms with E-state index in [2.05, 4.69) is 20.2 Å². The normalized spacial score (nSPS) is 13.7. The monoisotopic (exact) mass is 441 g/mol. The highest BCUT2D eigenvalue weighted by Gasteiger charge is 2.17. The molecule has 1 N–H and O–H groups in total. The first-order valence-corrected chi connectivity index (χ1v) is 10.5. The van der Waals surface area contributed by atoms with Gasteiger partial charge in [-0.2, -0.15) is 4.98 Å². The van der Waals surface area contributed by atoms with Gasteiger partial charge >= 0.3 is 0 Å². The van der Waals surface area contributed by atoms with Crippen molar-refractivity contribution in [3.63, 3.8) is 0 Å². The maximum atomic E-state index is 12.6. The maximum absolute atomic E-state index is 12.6. The van der Waals surface area contributed by atoms with Crippen LogP contribution in [0.15, 0.2) is 24.4 Å². The fraction of sp³-hybridized carbons (Fsp3) is 0.435. The first-order chi connectivity index (χ1) is 15.5. The number of ether oxygens (including phenoxy) is 3. The molecular formula is C23H31N5O4. The van der Waals surface area contributed by atoms with E-state index in [0.717, 1.165) is 31.5 Å². The number of rotatable bonds is 8. The summed E-state index contributed by atoms with van der Waals surface area (Å²) in [5.41, 5.74) is 1.29. The summed E-state index contributed by atoms with van der Waals surface area (Å²) >= 11 is 0. The van der Waals surface area contributed by atoms with Crippen LogP contribution in [0.25, 0.3) is 6.08 Å². The second kappa shape index (κ2) is 10.7. The minimum Gasteiger partial charge on any atom is -0.493 e. The molecule has 2 heterocycles. The Morgan fingerprint density at radius 3 is 2.28 bits per heavy atom. The van der Waals surface area contributed by atoms with Crippen LogP contribution in [-0.2, 0) is 4.79 Å². The van der Waals surface area contributed by atoms with E-state index < -0.39 is 0 Å². The topological polar surface area (TPSA) is 89.0 Å². The Bertz CT molecular complexity index is 946. The van der Waals surface area contributed by atoms with Gasteiger partial charge in [-0.25, -0.2) is 4.98 Å². The molecule has 3 rings (SSSR count). The SMILES string of the molecule is COc1cc(/C=C/C(=O)Nc2cnc(N3CCCCC3)nc2N(C)C)cc(OC)c1OC. The number of aromatic nitrogens is 2. The lowest BCUT2D eigenvalue weighted by Gasteiger charge is -2.27. The van der Waals surface area contributed by atoms with Crippen molar-refractivity contribution in [2.24, 2.45) is 0 Å². The summed E-state index contributed by atoms with van der Waals surface area (Å²) in [6.07, 6.45) is 8.31. The van der Waals surface area contributed by atoms with E-state index in [0.29, 0.717) is 34.7 Å². The van der Waals surface area contributed by atoms with E-state index in [1.165, 1.54) is 12.5 Å². The van der Waals surface area contributed by atoms with E-state index in [4.69, 9.17) is 14.2 Å². The van der Waals surface area contributed by atoms with E-state index in [1.807, 2.05) is 19.0 Å². The van der Waals surface area contributed by atoms with Crippen LogP contribution in [0.1, 0.15) is 24.8 Å². The summed E-state index contributed by atoms with van der Waals surface area (Å²) in [5, 5.41) is 2.87. The second-order valence-electron chi connectivity index (χ2n) is 7.63. The Morgan fingerprint density at radius 1 is 1.06 bits per heavy atom. The average molecular weight is 442 g/mol. The molecule has 0 unspecified atom stereocenters. The van der Waals surface area contributed by atoms with Crippen molar-refractivity contribution in [3.05, 3.63) is 30.0 Å². The number of benzene rings is 1. The predicted molar refractivity (Wildman–Crippen MR) is 126 cm³/mol. The van der Waals surface area contributed by atoms with E-state index in [9.17, 15) is 4.79 Å². The zero-order valence-electron chi connectivity index (χ0n) is 19.3. The number of nitrogens with zero attached hydrogens (tertiary/aromatic N) is 4. The highest BCUT2D eigenvalue weighted by atomic mass is 16.5. The van der Waals surface area contributed by atoms with Crippen LogP contribution in [0.5, 0.6) is 17.2 Å². The quantitative estimate of drug-likeness (QED) is 0.625. The Morgan fingerprint density at radius 2 is 1.72 bits per heavy atom. The van der Waals surface area contributed by atoms with Crippen LogP contribution in [0.3, 0.4) is 0 Å². The summed E-state index contributed by atoms with van der Waals surface area (Å²) in [5.74, 6) is 2.59. The maximum Gasteiger partial charge on any atom is 0.248 e. The third-order valence-corrected chi connectivity index (χ3v) is 5.19. The summed E-state index contributed by atoms with van der Waals surface area (Å²) in [6, 6.07) is 3.54. The van der Waals surface area contributed by atoms with Gasteiger partial charge in [0.15, 0.2) is 17.3 Å². The van der Waals surface area contributed by atoms with E-state index >= 15 is 0 Å². The zero-order valence-corrected chi connectivity index (χ0v) is 19.3. The Hall–Kier alpha value is -3.49. The molecule has 0 bridgehead atoms. The molecule has 0 atom stereocenters. The van der Waals surface area contributed by atoms with Crippen LogP contribution in [-0.4, -0.2) is 64.4 Å². The highest BCUT2D eigenvalue weighted by Crippen LogP contribution is 2.38. The molecule has 9 nitrogen and oxygen atoms in total. The molecule has 0 aliphatic carbocycles. The predicted octanol–water partition coefficient (Wildman–Crippen LogP) is 3.21. The van der Waals surface area contributed by atoms with E-state index in [-0.39, 0.29) is 5.91 Å². The largest absolute Gasteiger partial charge is 0.493 e. The molecule has 0 spiro atoms. The summed E-state index contributed by atoms with van der Waals surface area (Å²) < 4.78 is 16.1. The molecule has 172 valence electrons. The Balaban J connectivity index is 1.77. The third-order valence-electron chi connectivity index (χ3n) is 5.19. The van der Waals surface area contributed by atoms with Crippen LogP contribution in [0.4, 0.5) is 17.5 Å². The van der Waals surface area contributed by atoms with Crippen molar-refractivity contribution in [2.45, 2.75) is 19.3 Å². The first-order valence-electron chi connectivity index (χ1n) is 10.5. The summed E-state index contributed by atoms with van der Waals surface area (Å²) in [7, 11) is 8.43. The van der Waals surface area contributed by atoms with Gasteiger partial charge in [0.2, 0.25) is 17.6 Å². The molecule has 32 heavy (non-hydrogen) atoms. The van der Waals surface area contributed by atoms with Crippen LogP contribution in [0.2, 0.25) is 0 Å². The minimum atomic E-state index is -0.295. The van der Waals surface area contributed by atoms with Crippen LogP contribution in [0, 0.1) is 0 Å². The van der Waals surface area contributed by atoms with Gasteiger partial charge in [0.1, 0.15) is 5.69 Å². The van der Waals surface area contributed by atoms with Gasteiger partial charge in [-0.15, -0.1) is 0 Å². The number of carbonyl (C=O) groups excluding carboxylic acids is 1. The molecule has 0 radical (unpaired) electrons. The lowest BCUT2D eigenvalue weighted by atomic mass is 10.1. The summed E-state index contributed by atoms with van der Waals surface area (Å²) in [6.45, 7) is 1.91. The van der Waals surface area contributed by atoms with Crippen LogP contribution >= 0.6 is 0 Å². The minimum absolute atomic E-state index is 0.295. The fourth-order valence-corrected chi connectivity index (χ4v) is 3.58. The number of hydrogen-bond acceptors (Lipinski definition) is 8. The number of amides is 1. The van der Waals surface area contributed by atoms with Gasteiger partial charge in [-0.3, -0.25) is 4.79 Å². The molecule has 2 aromatic rings. The van der Waals surface area contributed by atoms with Gasteiger partial charge < -0.3 is 29.3 Å². The molecule has 1 aliphatic rings. The number of piperidine rings is 1. The van der Waals surface area contributed by atoms with Gasteiger partial charge in [0, 0.05) is 33.3 Å². The number of anilines is 3. The molecule has 1 amide bonds. The molecule has 1 aliphatic heterocycles. The number of hydrogen-bond donors (Lipinski definition) is 1. The van der Waals surface area contributed by atoms with Gasteiger partial charge in [0.25, 0.3) is 0 Å². The average Bonchev–Trinajstić information content (AvgIpc) is 2.82. The van der Waals surface area contributed by atoms with Crippen molar-refractivity contribution in [1.82, 2.24) is 9.97 Å². The zero-order chi connectivity index (χ0) is 23.1. The number of nitrogens with one attached hydrogen (secondary N) is 1. The highest BCUT2D eigenvalue weighted by molar-refractivity contribution is 6.03. The fourth-order valence-electron chi connectivity index (χ4n) is 3.58. The number of methoxy groups -OCH3 is 3. The Labute approximate surface area is 189 Å². The van der Waals surface area contributed by atoms with Gasteiger partial charge in [-0.1, -0.05) is 0 Å². The molecular weight excluding hydrogens is 410 g/mol. The van der Waals surface area contributed by atoms with Crippen molar-refractivity contribution in [3.8, 4) is 17.2 Å². The smallest absolute Gasteiger partial charge is 0.248 e. The molecule has 0 saturated carbocycles. The van der Waals surface area contributed by atoms with E-state index in [1.54, 1.807) is 45.7 Å². The number of carbonyl (C=O) groups is 1. The van der Waals surface area contributed by atoms with Crippen molar-refractivity contribution >= 4 is 29.4 Å². The molecule has 9 heteroatoms. The van der Waals surface area contributed by atoms with Crippen molar-refractivity contribution < 1.29 is 19.0 Å². The lowest BCUT2D eigenvalue weighted by molar-refractivity contribution is -0.111. The van der Waals surface area contributed by atoms with Gasteiger partial charge in [-0.05, 0) is 43.0 Å². The molecule has 1 aromatic heterocycles. The third kappa shape index (κ3) is 5.40. The lowest BCUT2D eigenvalue weighted by Crippen LogP contribution is -2.31. The van der Waals surface area contributed by atoms with Gasteiger partial charge in [0.05, 0.1) is 27.5 Å². The molecule has 1 aromatic carbocycles.